The van der Waals surface area contributed by atoms with Gasteiger partial charge in [0.1, 0.15) is 0 Å². The van der Waals surface area contributed by atoms with Gasteiger partial charge in [-0.15, -0.1) is 0 Å². The number of amides is 1. The Morgan fingerprint density at radius 3 is 2.79 bits per heavy atom. The maximum Gasteiger partial charge on any atom is 0.236 e. The first-order chi connectivity index (χ1) is 9.25. The molecule has 1 aromatic carbocycles. The van der Waals surface area contributed by atoms with E-state index in [0.717, 1.165) is 18.8 Å². The lowest BCUT2D eigenvalue weighted by molar-refractivity contribution is -0.116. The number of carbonyl (C=O) groups is 1. The summed E-state index contributed by atoms with van der Waals surface area (Å²) in [4.78, 5) is 15.9. The third kappa shape index (κ3) is 2.39. The van der Waals surface area contributed by atoms with Crippen LogP contribution in [0.15, 0.2) is 24.3 Å². The van der Waals surface area contributed by atoms with Crippen molar-refractivity contribution in [2.75, 3.05) is 29.4 Å². The van der Waals surface area contributed by atoms with Crippen LogP contribution in [0.4, 0.5) is 11.4 Å². The van der Waals surface area contributed by atoms with Crippen molar-refractivity contribution in [1.29, 1.82) is 0 Å². The van der Waals surface area contributed by atoms with E-state index in [1.165, 1.54) is 31.4 Å². The Balaban J connectivity index is 1.96. The molecule has 0 unspecified atom stereocenters. The van der Waals surface area contributed by atoms with Gasteiger partial charge in [0.25, 0.3) is 0 Å². The van der Waals surface area contributed by atoms with Gasteiger partial charge in [-0.25, -0.2) is 0 Å². The number of hydrogen-bond donors (Lipinski definition) is 1. The second-order valence-electron chi connectivity index (χ2n) is 5.53. The predicted octanol–water partition coefficient (Wildman–Crippen LogP) is 1.74. The smallest absolute Gasteiger partial charge is 0.236 e. The molecule has 2 heterocycles. The summed E-state index contributed by atoms with van der Waals surface area (Å²) in [5.74, 6) is -0.253. The number of primary amides is 1. The summed E-state index contributed by atoms with van der Waals surface area (Å²) in [6, 6.07) is 8.90. The molecule has 2 aliphatic heterocycles. The van der Waals surface area contributed by atoms with Crippen molar-refractivity contribution < 1.29 is 4.79 Å². The Bertz CT molecular complexity index is 474. The van der Waals surface area contributed by atoms with E-state index in [1.807, 2.05) is 6.07 Å². The van der Waals surface area contributed by atoms with Gasteiger partial charge in [-0.1, -0.05) is 25.0 Å². The van der Waals surface area contributed by atoms with Crippen LogP contribution in [0, 0.1) is 0 Å². The third-order valence-electron chi connectivity index (χ3n) is 4.19. The van der Waals surface area contributed by atoms with Crippen molar-refractivity contribution in [2.45, 2.75) is 31.7 Å². The summed E-state index contributed by atoms with van der Waals surface area (Å²) in [6.07, 6.45) is 5.07. The van der Waals surface area contributed by atoms with Crippen molar-refractivity contribution in [3.8, 4) is 0 Å². The molecule has 0 aliphatic carbocycles. The highest BCUT2D eigenvalue weighted by Gasteiger charge is 2.31. The third-order valence-corrected chi connectivity index (χ3v) is 4.19. The van der Waals surface area contributed by atoms with Crippen molar-refractivity contribution in [1.82, 2.24) is 0 Å². The van der Waals surface area contributed by atoms with E-state index in [-0.39, 0.29) is 5.91 Å². The zero-order chi connectivity index (χ0) is 13.2. The highest BCUT2D eigenvalue weighted by molar-refractivity contribution is 5.83. The second kappa shape index (κ2) is 5.11. The molecule has 1 saturated heterocycles. The zero-order valence-corrected chi connectivity index (χ0v) is 11.2. The lowest BCUT2D eigenvalue weighted by Gasteiger charge is -2.43. The van der Waals surface area contributed by atoms with E-state index in [2.05, 4.69) is 28.0 Å². The Labute approximate surface area is 114 Å². The number of nitrogens with two attached hydrogens (primary N) is 1. The fourth-order valence-electron chi connectivity index (χ4n) is 3.35. The van der Waals surface area contributed by atoms with Gasteiger partial charge in [-0.2, -0.15) is 0 Å². The van der Waals surface area contributed by atoms with Crippen LogP contribution >= 0.6 is 0 Å². The van der Waals surface area contributed by atoms with Crippen LogP contribution in [0.25, 0.3) is 0 Å². The number of para-hydroxylation sites is 2. The van der Waals surface area contributed by atoms with Crippen LogP contribution < -0.4 is 15.5 Å². The first-order valence-corrected chi connectivity index (χ1v) is 7.14. The molecule has 2 aliphatic rings. The number of fused-ring (bicyclic) bond motifs is 3. The molecule has 1 amide bonds. The summed E-state index contributed by atoms with van der Waals surface area (Å²) in [6.45, 7) is 2.37. The molecule has 3 rings (SSSR count). The molecule has 1 aromatic rings. The zero-order valence-electron chi connectivity index (χ0n) is 11.2. The first-order valence-electron chi connectivity index (χ1n) is 7.14. The Hall–Kier alpha value is -1.71. The van der Waals surface area contributed by atoms with Crippen molar-refractivity contribution >= 4 is 17.3 Å². The first kappa shape index (κ1) is 12.3. The minimum atomic E-state index is -0.253. The molecule has 1 fully saturated rings. The summed E-state index contributed by atoms with van der Waals surface area (Å²) < 4.78 is 0. The van der Waals surface area contributed by atoms with Crippen molar-refractivity contribution in [3.63, 3.8) is 0 Å². The minimum absolute atomic E-state index is 0.253. The van der Waals surface area contributed by atoms with Gasteiger partial charge in [0, 0.05) is 19.1 Å². The van der Waals surface area contributed by atoms with E-state index < -0.39 is 0 Å². The molecular weight excluding hydrogens is 238 g/mol. The number of anilines is 2. The summed E-state index contributed by atoms with van der Waals surface area (Å²) in [5.41, 5.74) is 7.80. The fourth-order valence-corrected chi connectivity index (χ4v) is 3.35. The average Bonchev–Trinajstić information content (AvgIpc) is 2.63. The highest BCUT2D eigenvalue weighted by atomic mass is 16.1. The quantitative estimate of drug-likeness (QED) is 0.880. The highest BCUT2D eigenvalue weighted by Crippen LogP contribution is 2.37. The fraction of sp³-hybridized carbons (Fsp3) is 0.533. The molecule has 0 spiro atoms. The lowest BCUT2D eigenvalue weighted by atomic mass is 10.0. The average molecular weight is 259 g/mol. The van der Waals surface area contributed by atoms with Gasteiger partial charge in [-0.05, 0) is 25.0 Å². The number of rotatable bonds is 2. The van der Waals surface area contributed by atoms with E-state index in [4.69, 9.17) is 5.73 Å². The lowest BCUT2D eigenvalue weighted by Crippen LogP contribution is -2.50. The van der Waals surface area contributed by atoms with Crippen LogP contribution in [0.2, 0.25) is 0 Å². The van der Waals surface area contributed by atoms with Gasteiger partial charge in [0.05, 0.1) is 17.9 Å². The molecule has 102 valence electrons. The molecule has 19 heavy (non-hydrogen) atoms. The molecule has 0 saturated carbocycles. The molecule has 0 aromatic heterocycles. The molecule has 4 nitrogen and oxygen atoms in total. The van der Waals surface area contributed by atoms with Gasteiger partial charge in [0.15, 0.2) is 0 Å². The Morgan fingerprint density at radius 1 is 1.21 bits per heavy atom. The number of benzene rings is 1. The van der Waals surface area contributed by atoms with Crippen LogP contribution in [-0.2, 0) is 4.79 Å². The SMILES string of the molecule is NC(=O)CN1C[C@@H]2CCCCCN2c2ccccc21. The topological polar surface area (TPSA) is 49.6 Å². The normalized spacial score (nSPS) is 22.4. The number of hydrogen-bond acceptors (Lipinski definition) is 3. The molecule has 1 atom stereocenters. The Morgan fingerprint density at radius 2 is 2.00 bits per heavy atom. The van der Waals surface area contributed by atoms with E-state index in [9.17, 15) is 4.79 Å². The van der Waals surface area contributed by atoms with Gasteiger partial charge in [0.2, 0.25) is 5.91 Å². The van der Waals surface area contributed by atoms with Crippen LogP contribution in [-0.4, -0.2) is 31.6 Å². The monoisotopic (exact) mass is 259 g/mol. The summed E-state index contributed by atoms with van der Waals surface area (Å²) in [7, 11) is 0. The van der Waals surface area contributed by atoms with Crippen molar-refractivity contribution in [2.24, 2.45) is 5.73 Å². The second-order valence-corrected chi connectivity index (χ2v) is 5.53. The molecule has 0 radical (unpaired) electrons. The largest absolute Gasteiger partial charge is 0.368 e. The predicted molar refractivity (Wildman–Crippen MR) is 77.5 cm³/mol. The van der Waals surface area contributed by atoms with Gasteiger partial charge < -0.3 is 15.5 Å². The molecule has 4 heteroatoms. The maximum absolute atomic E-state index is 11.3. The van der Waals surface area contributed by atoms with Gasteiger partial charge in [-0.3, -0.25) is 4.79 Å². The van der Waals surface area contributed by atoms with E-state index in [1.54, 1.807) is 0 Å². The van der Waals surface area contributed by atoms with Crippen LogP contribution in [0.3, 0.4) is 0 Å². The van der Waals surface area contributed by atoms with Crippen LogP contribution in [0.5, 0.6) is 0 Å². The van der Waals surface area contributed by atoms with E-state index >= 15 is 0 Å². The summed E-state index contributed by atoms with van der Waals surface area (Å²) in [5, 5.41) is 0. The standard InChI is InChI=1S/C15H21N3O/c16-15(19)11-17-10-12-6-2-1-5-9-18(12)14-8-4-3-7-13(14)17/h3-4,7-8,12H,1-2,5-6,9-11H2,(H2,16,19)/t12-/m0/s1. The minimum Gasteiger partial charge on any atom is -0.368 e. The number of carbonyl (C=O) groups excluding carboxylic acids is 1. The molecule has 2 N–H and O–H groups in total. The van der Waals surface area contributed by atoms with Gasteiger partial charge >= 0.3 is 0 Å². The summed E-state index contributed by atoms with van der Waals surface area (Å²) >= 11 is 0. The molecule has 0 bridgehead atoms. The van der Waals surface area contributed by atoms with E-state index in [0.29, 0.717) is 12.6 Å². The maximum atomic E-state index is 11.3. The number of nitrogens with zero attached hydrogens (tertiary/aromatic N) is 2. The van der Waals surface area contributed by atoms with Crippen molar-refractivity contribution in [3.05, 3.63) is 24.3 Å². The van der Waals surface area contributed by atoms with Crippen LogP contribution in [0.1, 0.15) is 25.7 Å². The molecular formula is C15H21N3O. The Kier molecular flexibility index (Phi) is 3.32.